The molecule has 136 valence electrons. The van der Waals surface area contributed by atoms with Crippen LogP contribution in [0.3, 0.4) is 0 Å². The zero-order valence-electron chi connectivity index (χ0n) is 14.0. The normalized spacial score (nSPS) is 17.3. The fourth-order valence-corrected chi connectivity index (χ4v) is 5.31. The van der Waals surface area contributed by atoms with Crippen LogP contribution in [0.1, 0.15) is 37.6 Å². The van der Waals surface area contributed by atoms with Gasteiger partial charge in [0.15, 0.2) is 5.16 Å². The Morgan fingerprint density at radius 1 is 1.27 bits per heavy atom. The molecule has 4 heterocycles. The van der Waals surface area contributed by atoms with E-state index >= 15 is 0 Å². The van der Waals surface area contributed by atoms with Crippen molar-refractivity contribution < 1.29 is 4.52 Å². The van der Waals surface area contributed by atoms with E-state index in [9.17, 15) is 0 Å². The third-order valence-electron chi connectivity index (χ3n) is 4.53. The zero-order valence-corrected chi connectivity index (χ0v) is 17.2. The lowest BCUT2D eigenvalue weighted by molar-refractivity contribution is 0.391. The summed E-state index contributed by atoms with van der Waals surface area (Å²) in [6, 6.07) is 2.54. The highest BCUT2D eigenvalue weighted by Crippen LogP contribution is 2.41. The summed E-state index contributed by atoms with van der Waals surface area (Å²) in [5.41, 5.74) is 0. The second-order valence-electron chi connectivity index (χ2n) is 6.51. The first kappa shape index (κ1) is 16.8. The Morgan fingerprint density at radius 2 is 2.12 bits per heavy atom. The van der Waals surface area contributed by atoms with Gasteiger partial charge in [-0.25, -0.2) is 0 Å². The first-order valence-corrected chi connectivity index (χ1v) is 11.3. The molecule has 26 heavy (non-hydrogen) atoms. The number of thiophene rings is 1. The maximum absolute atomic E-state index is 5.41. The molecule has 0 bridgehead atoms. The molecular formula is C16H17BrN6OS2. The van der Waals surface area contributed by atoms with Gasteiger partial charge in [-0.3, -0.25) is 4.57 Å². The van der Waals surface area contributed by atoms with E-state index in [2.05, 4.69) is 45.7 Å². The number of hydrogen-bond acceptors (Lipinski definition) is 8. The summed E-state index contributed by atoms with van der Waals surface area (Å²) in [6.45, 7) is 2.16. The smallest absolute Gasteiger partial charge is 0.237 e. The van der Waals surface area contributed by atoms with Gasteiger partial charge in [-0.2, -0.15) is 4.98 Å². The first-order valence-electron chi connectivity index (χ1n) is 8.67. The molecule has 1 aliphatic carbocycles. The lowest BCUT2D eigenvalue weighted by Gasteiger charge is -2.17. The van der Waals surface area contributed by atoms with Crippen LogP contribution in [-0.2, 0) is 5.75 Å². The van der Waals surface area contributed by atoms with Crippen LogP contribution in [0.25, 0.3) is 10.7 Å². The van der Waals surface area contributed by atoms with Gasteiger partial charge in [0.1, 0.15) is 0 Å². The van der Waals surface area contributed by atoms with Crippen molar-refractivity contribution >= 4 is 45.0 Å². The van der Waals surface area contributed by atoms with Crippen LogP contribution in [0.4, 0.5) is 5.95 Å². The van der Waals surface area contributed by atoms with Crippen molar-refractivity contribution in [3.63, 3.8) is 0 Å². The average Bonchev–Trinajstić information content (AvgIpc) is 3.13. The molecule has 2 fully saturated rings. The summed E-state index contributed by atoms with van der Waals surface area (Å²) in [7, 11) is 0. The fourth-order valence-electron chi connectivity index (χ4n) is 3.12. The summed E-state index contributed by atoms with van der Waals surface area (Å²) >= 11 is 6.67. The maximum Gasteiger partial charge on any atom is 0.237 e. The molecule has 0 spiro atoms. The molecule has 5 rings (SSSR count). The van der Waals surface area contributed by atoms with Crippen LogP contribution in [0.5, 0.6) is 0 Å². The summed E-state index contributed by atoms with van der Waals surface area (Å²) in [5.74, 6) is 2.88. The van der Waals surface area contributed by atoms with E-state index in [-0.39, 0.29) is 0 Å². The van der Waals surface area contributed by atoms with Crippen LogP contribution < -0.4 is 4.90 Å². The molecule has 2 aliphatic rings. The molecule has 0 unspecified atom stereocenters. The Hall–Kier alpha value is -1.39. The molecule has 3 aromatic heterocycles. The highest BCUT2D eigenvalue weighted by atomic mass is 79.9. The number of nitrogens with zero attached hydrogens (tertiary/aromatic N) is 6. The Bertz CT molecular complexity index is 912. The number of hydrogen-bond donors (Lipinski definition) is 0. The van der Waals surface area contributed by atoms with E-state index in [4.69, 9.17) is 4.52 Å². The molecule has 10 heteroatoms. The standard InChI is InChI=1S/C16H17BrN6OS2/c17-10-7-12(25-8-10)14-18-13(24-21-14)9-26-16-20-19-15(22-5-1-2-6-22)23(16)11-3-4-11/h7-8,11H,1-6,9H2. The molecule has 7 nitrogen and oxygen atoms in total. The van der Waals surface area contributed by atoms with Gasteiger partial charge >= 0.3 is 0 Å². The van der Waals surface area contributed by atoms with Crippen molar-refractivity contribution in [1.29, 1.82) is 0 Å². The molecule has 1 aliphatic heterocycles. The topological polar surface area (TPSA) is 72.9 Å². The van der Waals surface area contributed by atoms with Crippen molar-refractivity contribution in [2.45, 2.75) is 42.6 Å². The van der Waals surface area contributed by atoms with E-state index in [1.165, 1.54) is 25.7 Å². The Morgan fingerprint density at radius 3 is 2.85 bits per heavy atom. The van der Waals surface area contributed by atoms with E-state index < -0.39 is 0 Å². The number of halogens is 1. The van der Waals surface area contributed by atoms with Gasteiger partial charge in [0.25, 0.3) is 0 Å². The minimum atomic E-state index is 0.546. The summed E-state index contributed by atoms with van der Waals surface area (Å²) < 4.78 is 8.76. The molecule has 0 aromatic carbocycles. The molecule has 0 amide bonds. The maximum atomic E-state index is 5.41. The van der Waals surface area contributed by atoms with Crippen molar-refractivity contribution in [2.24, 2.45) is 0 Å². The van der Waals surface area contributed by atoms with Gasteiger partial charge in [-0.1, -0.05) is 16.9 Å². The van der Waals surface area contributed by atoms with Crippen LogP contribution in [0, 0.1) is 0 Å². The van der Waals surface area contributed by atoms with E-state index in [1.54, 1.807) is 23.1 Å². The van der Waals surface area contributed by atoms with Gasteiger partial charge in [0.2, 0.25) is 17.7 Å². The lowest BCUT2D eigenvalue weighted by atomic mass is 10.4. The average molecular weight is 453 g/mol. The third-order valence-corrected chi connectivity index (χ3v) is 7.14. The van der Waals surface area contributed by atoms with Gasteiger partial charge in [0.05, 0.1) is 10.6 Å². The lowest BCUT2D eigenvalue weighted by Crippen LogP contribution is -2.22. The third kappa shape index (κ3) is 3.29. The van der Waals surface area contributed by atoms with Crippen molar-refractivity contribution in [3.05, 3.63) is 21.8 Å². The Kier molecular flexibility index (Phi) is 4.49. The van der Waals surface area contributed by atoms with Crippen molar-refractivity contribution in [1.82, 2.24) is 24.9 Å². The summed E-state index contributed by atoms with van der Waals surface area (Å²) in [6.07, 6.45) is 4.90. The van der Waals surface area contributed by atoms with Crippen molar-refractivity contribution in [3.8, 4) is 10.7 Å². The predicted molar refractivity (Wildman–Crippen MR) is 105 cm³/mol. The molecule has 3 aromatic rings. The van der Waals surface area contributed by atoms with E-state index in [0.29, 0.717) is 23.5 Å². The number of aromatic nitrogens is 5. The second kappa shape index (κ2) is 6.97. The summed E-state index contributed by atoms with van der Waals surface area (Å²) in [4.78, 5) is 7.86. The molecule has 0 N–H and O–H groups in total. The van der Waals surface area contributed by atoms with Crippen LogP contribution in [0.15, 0.2) is 25.6 Å². The van der Waals surface area contributed by atoms with Gasteiger partial charge < -0.3 is 9.42 Å². The number of rotatable bonds is 6. The van der Waals surface area contributed by atoms with Gasteiger partial charge in [-0.15, -0.1) is 21.5 Å². The molecule has 0 atom stereocenters. The van der Waals surface area contributed by atoms with Crippen LogP contribution >= 0.6 is 39.0 Å². The zero-order chi connectivity index (χ0) is 17.5. The summed E-state index contributed by atoms with van der Waals surface area (Å²) in [5, 5.41) is 16.0. The molecule has 1 saturated carbocycles. The molecule has 1 saturated heterocycles. The largest absolute Gasteiger partial charge is 0.341 e. The SMILES string of the molecule is Brc1csc(-c2noc(CSc3nnc(N4CCCC4)n3C3CC3)n2)c1. The Labute approximate surface area is 167 Å². The fraction of sp³-hybridized carbons (Fsp3) is 0.500. The van der Waals surface area contributed by atoms with Crippen LogP contribution in [-0.4, -0.2) is 38.0 Å². The van der Waals surface area contributed by atoms with Crippen LogP contribution in [0.2, 0.25) is 0 Å². The van der Waals surface area contributed by atoms with E-state index in [0.717, 1.165) is 33.5 Å². The number of thioether (sulfide) groups is 1. The van der Waals surface area contributed by atoms with Gasteiger partial charge in [-0.05, 0) is 47.7 Å². The minimum absolute atomic E-state index is 0.546. The monoisotopic (exact) mass is 452 g/mol. The van der Waals surface area contributed by atoms with Gasteiger partial charge in [0, 0.05) is 29.0 Å². The molecule has 0 radical (unpaired) electrons. The number of anilines is 1. The predicted octanol–water partition coefficient (Wildman–Crippen LogP) is 4.38. The van der Waals surface area contributed by atoms with E-state index in [1.807, 2.05) is 11.4 Å². The minimum Gasteiger partial charge on any atom is -0.341 e. The first-order chi connectivity index (χ1) is 12.8. The highest BCUT2D eigenvalue weighted by Gasteiger charge is 2.32. The Balaban J connectivity index is 1.32. The molecular weight excluding hydrogens is 436 g/mol. The van der Waals surface area contributed by atoms with Crippen molar-refractivity contribution in [2.75, 3.05) is 18.0 Å². The highest BCUT2D eigenvalue weighted by molar-refractivity contribution is 9.10. The quantitative estimate of drug-likeness (QED) is 0.513. The second-order valence-corrected chi connectivity index (χ2v) is 9.28.